The molecule has 1 aliphatic heterocycles. The van der Waals surface area contributed by atoms with Crippen molar-refractivity contribution >= 4 is 53.7 Å². The number of methoxy groups -OCH3 is 1. The molecule has 3 rings (SSSR count). The van der Waals surface area contributed by atoms with Crippen LogP contribution in [0.25, 0.3) is 5.70 Å². The van der Waals surface area contributed by atoms with Gasteiger partial charge in [0, 0.05) is 19.3 Å². The number of rotatable bonds is 9. The number of hydrogen-bond acceptors (Lipinski definition) is 9. The van der Waals surface area contributed by atoms with Gasteiger partial charge in [-0.3, -0.25) is 14.6 Å². The first kappa shape index (κ1) is 27.3. The summed E-state index contributed by atoms with van der Waals surface area (Å²) in [5.74, 6) is 1.39. The molecule has 1 amide bonds. The monoisotopic (exact) mass is 501 g/mol. The number of nitrogens with one attached hydrogen (secondary N) is 1. The molecule has 2 aromatic rings. The quantitative estimate of drug-likeness (QED) is 0.134. The summed E-state index contributed by atoms with van der Waals surface area (Å²) in [7, 11) is 1.38. The second kappa shape index (κ2) is 14.3. The van der Waals surface area contributed by atoms with Crippen LogP contribution < -0.4 is 5.32 Å². The van der Waals surface area contributed by atoms with E-state index in [-0.39, 0.29) is 5.97 Å². The maximum Gasteiger partial charge on any atom is 0.309 e. The Morgan fingerprint density at radius 3 is 2.71 bits per heavy atom. The maximum absolute atomic E-state index is 10.9. The Morgan fingerprint density at radius 2 is 2.18 bits per heavy atom. The van der Waals surface area contributed by atoms with E-state index in [2.05, 4.69) is 31.7 Å². The van der Waals surface area contributed by atoms with Gasteiger partial charge in [0.25, 0.3) is 0 Å². The number of esters is 1. The number of carbonyl (C=O) groups excluding carboxylic acids is 2. The number of carbonyl (C=O) groups is 2. The molecule has 0 aliphatic carbocycles. The van der Waals surface area contributed by atoms with Gasteiger partial charge >= 0.3 is 5.97 Å². The number of aryl methyl sites for hydroxylation is 3. The van der Waals surface area contributed by atoms with Crippen molar-refractivity contribution in [1.29, 1.82) is 0 Å². The van der Waals surface area contributed by atoms with E-state index in [1.165, 1.54) is 7.11 Å². The maximum atomic E-state index is 10.9. The van der Waals surface area contributed by atoms with Crippen LogP contribution in [-0.2, 0) is 14.3 Å². The predicted molar refractivity (Wildman–Crippen MR) is 141 cm³/mol. The lowest BCUT2D eigenvalue weighted by Gasteiger charge is -2.21. The Labute approximate surface area is 209 Å². The number of aromatic nitrogens is 2. The summed E-state index contributed by atoms with van der Waals surface area (Å²) >= 11 is 3.27. The summed E-state index contributed by atoms with van der Waals surface area (Å²) < 4.78 is 4.54. The van der Waals surface area contributed by atoms with Crippen molar-refractivity contribution in [2.45, 2.75) is 33.6 Å². The van der Waals surface area contributed by atoms with Gasteiger partial charge in [0.05, 0.1) is 40.7 Å². The Kier molecular flexibility index (Phi) is 11.5. The van der Waals surface area contributed by atoms with Gasteiger partial charge in [-0.15, -0.1) is 23.1 Å². The van der Waals surface area contributed by atoms with Gasteiger partial charge in [0.2, 0.25) is 6.41 Å². The zero-order valence-electron chi connectivity index (χ0n) is 20.0. The van der Waals surface area contributed by atoms with Crippen molar-refractivity contribution in [3.8, 4) is 0 Å². The molecule has 0 saturated carbocycles. The summed E-state index contributed by atoms with van der Waals surface area (Å²) in [6.07, 6.45) is 5.71. The van der Waals surface area contributed by atoms with E-state index >= 15 is 0 Å². The van der Waals surface area contributed by atoms with Crippen molar-refractivity contribution in [3.05, 3.63) is 56.5 Å². The molecule has 0 aromatic carbocycles. The SMILES string of the molecule is C=N/C(=C\SCNc1ccc(C)cn1)c1sc(C)nc1C.COC(=O)CC1=CCN(C=O)CC1. The molecule has 0 bridgehead atoms. The minimum Gasteiger partial charge on any atom is -0.469 e. The Bertz CT molecular complexity index is 1030. The van der Waals surface area contributed by atoms with Crippen molar-refractivity contribution in [2.75, 3.05) is 31.4 Å². The van der Waals surface area contributed by atoms with Gasteiger partial charge in [0.1, 0.15) is 5.82 Å². The van der Waals surface area contributed by atoms with Crippen LogP contribution in [0.5, 0.6) is 0 Å². The first-order valence-corrected chi connectivity index (χ1v) is 12.6. The lowest BCUT2D eigenvalue weighted by atomic mass is 10.1. The van der Waals surface area contributed by atoms with Crippen molar-refractivity contribution in [2.24, 2.45) is 4.99 Å². The molecule has 8 nitrogen and oxygen atoms in total. The molecule has 0 spiro atoms. The highest BCUT2D eigenvalue weighted by molar-refractivity contribution is 8.02. The van der Waals surface area contributed by atoms with Crippen LogP contribution >= 0.6 is 23.1 Å². The van der Waals surface area contributed by atoms with Gasteiger partial charge in [-0.1, -0.05) is 17.7 Å². The summed E-state index contributed by atoms with van der Waals surface area (Å²) in [4.78, 5) is 36.8. The molecule has 0 fully saturated rings. The second-order valence-electron chi connectivity index (χ2n) is 7.48. The number of hydrogen-bond donors (Lipinski definition) is 1. The molecule has 3 heterocycles. The topological polar surface area (TPSA) is 96.8 Å². The first-order valence-electron chi connectivity index (χ1n) is 10.7. The predicted octanol–water partition coefficient (Wildman–Crippen LogP) is 4.60. The molecule has 34 heavy (non-hydrogen) atoms. The summed E-state index contributed by atoms with van der Waals surface area (Å²) in [5.41, 5.74) is 4.10. The second-order valence-corrected chi connectivity index (χ2v) is 9.54. The highest BCUT2D eigenvalue weighted by Crippen LogP contribution is 2.28. The third kappa shape index (κ3) is 9.11. The number of amides is 1. The van der Waals surface area contributed by atoms with Crippen LogP contribution in [-0.4, -0.2) is 60.0 Å². The van der Waals surface area contributed by atoms with E-state index in [9.17, 15) is 9.59 Å². The lowest BCUT2D eigenvalue weighted by Crippen LogP contribution is -2.27. The van der Waals surface area contributed by atoms with E-state index in [0.29, 0.717) is 19.5 Å². The minimum atomic E-state index is -0.217. The van der Waals surface area contributed by atoms with Crippen LogP contribution in [0.3, 0.4) is 0 Å². The van der Waals surface area contributed by atoms with Gasteiger partial charge in [-0.05, 0) is 50.9 Å². The van der Waals surface area contributed by atoms with Gasteiger partial charge in [-0.25, -0.2) is 9.97 Å². The number of pyridine rings is 1. The highest BCUT2D eigenvalue weighted by Gasteiger charge is 2.12. The normalized spacial score (nSPS) is 13.4. The fourth-order valence-corrected chi connectivity index (χ4v) is 4.62. The molecule has 0 unspecified atom stereocenters. The highest BCUT2D eigenvalue weighted by atomic mass is 32.2. The van der Waals surface area contributed by atoms with Crippen molar-refractivity contribution in [1.82, 2.24) is 14.9 Å². The van der Waals surface area contributed by atoms with E-state index in [4.69, 9.17) is 0 Å². The third-order valence-corrected chi connectivity index (χ3v) is 6.63. The number of ether oxygens (including phenoxy) is 1. The number of aliphatic imine (C=N–C) groups is 1. The molecule has 10 heteroatoms. The average Bonchev–Trinajstić information content (AvgIpc) is 3.18. The molecule has 1 N–H and O–H groups in total. The van der Waals surface area contributed by atoms with Crippen LogP contribution in [0.2, 0.25) is 0 Å². The molecular formula is C24H31N5O3S2. The number of nitrogens with zero attached hydrogens (tertiary/aromatic N) is 4. The lowest BCUT2D eigenvalue weighted by molar-refractivity contribution is -0.139. The van der Waals surface area contributed by atoms with E-state index < -0.39 is 0 Å². The number of anilines is 1. The van der Waals surface area contributed by atoms with Gasteiger partial charge < -0.3 is 15.0 Å². The van der Waals surface area contributed by atoms with Gasteiger partial charge in [0.15, 0.2) is 0 Å². The first-order chi connectivity index (χ1) is 16.4. The molecule has 182 valence electrons. The van der Waals surface area contributed by atoms with Crippen LogP contribution in [0.1, 0.15) is 34.0 Å². The summed E-state index contributed by atoms with van der Waals surface area (Å²) in [6.45, 7) is 11.0. The zero-order valence-corrected chi connectivity index (χ0v) is 21.7. The minimum absolute atomic E-state index is 0.217. The standard InChI is InChI=1S/C15H18N4S2.C9H13NO3/c1-10-5-6-14(17-7-10)18-9-20-8-13(16-4)15-11(2)19-12(3)21-15;1-13-9(12)6-8-2-4-10(7-11)5-3-8/h5-8H,4,9H2,1-3H3,(H,17,18);2,7H,3-6H2,1H3/b13-8-;. The molecule has 0 saturated heterocycles. The van der Waals surface area contributed by atoms with Crippen LogP contribution in [0.4, 0.5) is 5.82 Å². The summed E-state index contributed by atoms with van der Waals surface area (Å²) in [6, 6.07) is 4.01. The number of thiazole rings is 1. The van der Waals surface area contributed by atoms with Crippen LogP contribution in [0.15, 0.2) is 40.4 Å². The Balaban J connectivity index is 0.000000270. The van der Waals surface area contributed by atoms with Crippen molar-refractivity contribution < 1.29 is 14.3 Å². The van der Waals surface area contributed by atoms with E-state index in [0.717, 1.165) is 56.9 Å². The van der Waals surface area contributed by atoms with Crippen LogP contribution in [0, 0.1) is 20.8 Å². The Morgan fingerprint density at radius 1 is 1.38 bits per heavy atom. The molecule has 0 atom stereocenters. The summed E-state index contributed by atoms with van der Waals surface area (Å²) in [5, 5.41) is 6.31. The zero-order chi connectivity index (χ0) is 24.9. The molecule has 0 radical (unpaired) electrons. The van der Waals surface area contributed by atoms with Gasteiger partial charge in [-0.2, -0.15) is 0 Å². The van der Waals surface area contributed by atoms with E-state index in [1.54, 1.807) is 28.0 Å². The third-order valence-electron chi connectivity index (χ3n) is 4.83. The molecular weight excluding hydrogens is 470 g/mol. The number of thioether (sulfide) groups is 1. The largest absolute Gasteiger partial charge is 0.469 e. The van der Waals surface area contributed by atoms with E-state index in [1.807, 2.05) is 50.6 Å². The molecule has 1 aliphatic rings. The molecule has 2 aromatic heterocycles. The average molecular weight is 502 g/mol. The smallest absolute Gasteiger partial charge is 0.309 e. The fraction of sp³-hybridized carbons (Fsp3) is 0.375. The fourth-order valence-electron chi connectivity index (χ4n) is 2.98. The Hall–Kier alpha value is -2.98. The van der Waals surface area contributed by atoms with Crippen molar-refractivity contribution in [3.63, 3.8) is 0 Å².